The molecule has 2 aromatic rings. The molecule has 0 atom stereocenters. The predicted molar refractivity (Wildman–Crippen MR) is 84.6 cm³/mol. The summed E-state index contributed by atoms with van der Waals surface area (Å²) < 4.78 is 24.4. The number of hydrogen-bond acceptors (Lipinski definition) is 3. The molecule has 2 N–H and O–H groups in total. The summed E-state index contributed by atoms with van der Waals surface area (Å²) in [6, 6.07) is 11.2. The molecule has 0 aliphatic heterocycles. The Bertz CT molecular complexity index is 629. The van der Waals surface area contributed by atoms with E-state index in [1.807, 2.05) is 19.1 Å². The van der Waals surface area contributed by atoms with Crippen LogP contribution in [0.2, 0.25) is 0 Å². The van der Waals surface area contributed by atoms with Gasteiger partial charge in [0.2, 0.25) is 0 Å². The van der Waals surface area contributed by atoms with Gasteiger partial charge in [-0.25, -0.2) is 4.39 Å². The average molecular weight is 305 g/mol. The predicted octanol–water partition coefficient (Wildman–Crippen LogP) is 4.04. The molecule has 0 aromatic heterocycles. The molecule has 2 rings (SSSR count). The van der Waals surface area contributed by atoms with E-state index < -0.39 is 5.82 Å². The van der Waals surface area contributed by atoms with E-state index in [-0.39, 0.29) is 4.99 Å². The summed E-state index contributed by atoms with van der Waals surface area (Å²) in [6.45, 7) is 2.72. The van der Waals surface area contributed by atoms with Gasteiger partial charge in [0.25, 0.3) is 0 Å². The number of benzene rings is 2. The fourth-order valence-electron chi connectivity index (χ4n) is 1.73. The highest BCUT2D eigenvalue weighted by molar-refractivity contribution is 7.80. The average Bonchev–Trinajstić information content (AvgIpc) is 2.48. The first-order valence-electron chi connectivity index (χ1n) is 6.60. The lowest BCUT2D eigenvalue weighted by atomic mass is 10.2. The van der Waals surface area contributed by atoms with Gasteiger partial charge in [-0.1, -0.05) is 19.1 Å². The Morgan fingerprint density at radius 1 is 1.14 bits per heavy atom. The van der Waals surface area contributed by atoms with Crippen molar-refractivity contribution < 1.29 is 13.9 Å². The zero-order chi connectivity index (χ0) is 15.2. The quantitative estimate of drug-likeness (QED) is 0.818. The summed E-state index contributed by atoms with van der Waals surface area (Å²) in [5.41, 5.74) is 5.95. The Kier molecular flexibility index (Phi) is 5.11. The Balaban J connectivity index is 2.16. The van der Waals surface area contributed by atoms with Crippen molar-refractivity contribution in [3.05, 3.63) is 53.8 Å². The summed E-state index contributed by atoms with van der Waals surface area (Å²) in [4.78, 5) is 0.0902. The number of ether oxygens (including phenoxy) is 2. The van der Waals surface area contributed by atoms with Gasteiger partial charge in [0.1, 0.15) is 28.1 Å². The van der Waals surface area contributed by atoms with Crippen LogP contribution in [-0.2, 0) is 0 Å². The van der Waals surface area contributed by atoms with Crippen molar-refractivity contribution in [1.82, 2.24) is 0 Å². The minimum absolute atomic E-state index is 0.0902. The standard InChI is InChI=1S/C16H16FNO2S/c1-2-9-19-12-4-6-13(7-5-12)20-15-8-3-11(17)10-14(15)16(18)21/h3-8,10H,2,9H2,1H3,(H2,18,21). The van der Waals surface area contributed by atoms with Crippen LogP contribution >= 0.6 is 12.2 Å². The molecule has 0 aliphatic carbocycles. The summed E-state index contributed by atoms with van der Waals surface area (Å²) in [7, 11) is 0. The first-order chi connectivity index (χ1) is 10.1. The van der Waals surface area contributed by atoms with Crippen LogP contribution in [-0.4, -0.2) is 11.6 Å². The molecular weight excluding hydrogens is 289 g/mol. The fraction of sp³-hybridized carbons (Fsp3) is 0.188. The van der Waals surface area contributed by atoms with E-state index in [0.29, 0.717) is 23.7 Å². The van der Waals surface area contributed by atoms with Crippen LogP contribution in [0.1, 0.15) is 18.9 Å². The lowest BCUT2D eigenvalue weighted by Gasteiger charge is -2.11. The Labute approximate surface area is 128 Å². The highest BCUT2D eigenvalue weighted by Gasteiger charge is 2.09. The molecule has 0 heterocycles. The third kappa shape index (κ3) is 4.16. The van der Waals surface area contributed by atoms with Gasteiger partial charge in [-0.15, -0.1) is 0 Å². The molecule has 0 unspecified atom stereocenters. The van der Waals surface area contributed by atoms with E-state index in [0.717, 1.165) is 12.2 Å². The molecule has 110 valence electrons. The van der Waals surface area contributed by atoms with Gasteiger partial charge >= 0.3 is 0 Å². The van der Waals surface area contributed by atoms with Gasteiger partial charge < -0.3 is 15.2 Å². The highest BCUT2D eigenvalue weighted by atomic mass is 32.1. The SMILES string of the molecule is CCCOc1ccc(Oc2ccc(F)cc2C(N)=S)cc1. The van der Waals surface area contributed by atoms with Gasteiger partial charge in [0.05, 0.1) is 12.2 Å². The van der Waals surface area contributed by atoms with Crippen molar-refractivity contribution >= 4 is 17.2 Å². The molecule has 5 heteroatoms. The molecule has 0 radical (unpaired) electrons. The minimum Gasteiger partial charge on any atom is -0.494 e. The van der Waals surface area contributed by atoms with Crippen molar-refractivity contribution in [2.75, 3.05) is 6.61 Å². The van der Waals surface area contributed by atoms with Gasteiger partial charge in [-0.3, -0.25) is 0 Å². The number of halogens is 1. The van der Waals surface area contributed by atoms with Gasteiger partial charge in [-0.2, -0.15) is 0 Å². The lowest BCUT2D eigenvalue weighted by Crippen LogP contribution is -2.11. The van der Waals surface area contributed by atoms with Crippen molar-refractivity contribution in [1.29, 1.82) is 0 Å². The largest absolute Gasteiger partial charge is 0.494 e. The lowest BCUT2D eigenvalue weighted by molar-refractivity contribution is 0.317. The second-order valence-electron chi connectivity index (χ2n) is 4.43. The fourth-order valence-corrected chi connectivity index (χ4v) is 1.89. The zero-order valence-electron chi connectivity index (χ0n) is 11.6. The van der Waals surface area contributed by atoms with E-state index in [2.05, 4.69) is 0 Å². The second kappa shape index (κ2) is 7.04. The smallest absolute Gasteiger partial charge is 0.137 e. The van der Waals surface area contributed by atoms with Crippen LogP contribution in [0, 0.1) is 5.82 Å². The summed E-state index contributed by atoms with van der Waals surface area (Å²) in [5.74, 6) is 1.39. The maximum atomic E-state index is 13.2. The molecule has 0 fully saturated rings. The second-order valence-corrected chi connectivity index (χ2v) is 4.87. The van der Waals surface area contributed by atoms with E-state index >= 15 is 0 Å². The molecule has 0 aliphatic rings. The summed E-state index contributed by atoms with van der Waals surface area (Å²) >= 11 is 4.91. The summed E-state index contributed by atoms with van der Waals surface area (Å²) in [6.07, 6.45) is 0.950. The third-order valence-electron chi connectivity index (χ3n) is 2.73. The van der Waals surface area contributed by atoms with Crippen molar-refractivity contribution in [3.8, 4) is 17.2 Å². The van der Waals surface area contributed by atoms with E-state index in [1.54, 1.807) is 12.1 Å². The molecular formula is C16H16FNO2S. The molecule has 21 heavy (non-hydrogen) atoms. The van der Waals surface area contributed by atoms with E-state index in [1.165, 1.54) is 18.2 Å². The maximum Gasteiger partial charge on any atom is 0.137 e. The molecule has 2 aromatic carbocycles. The van der Waals surface area contributed by atoms with Crippen molar-refractivity contribution in [2.24, 2.45) is 5.73 Å². The molecule has 0 saturated carbocycles. The van der Waals surface area contributed by atoms with Gasteiger partial charge in [0, 0.05) is 0 Å². The Hall–Kier alpha value is -2.14. The topological polar surface area (TPSA) is 44.5 Å². The van der Waals surface area contributed by atoms with Gasteiger partial charge in [-0.05, 0) is 48.9 Å². The number of hydrogen-bond donors (Lipinski definition) is 1. The molecule has 0 saturated heterocycles. The van der Waals surface area contributed by atoms with E-state index in [9.17, 15) is 4.39 Å². The van der Waals surface area contributed by atoms with Crippen molar-refractivity contribution in [2.45, 2.75) is 13.3 Å². The third-order valence-corrected chi connectivity index (χ3v) is 2.95. The van der Waals surface area contributed by atoms with Crippen LogP contribution in [0.5, 0.6) is 17.2 Å². The molecule has 0 spiro atoms. The number of thiocarbonyl (C=S) groups is 1. The minimum atomic E-state index is -0.409. The first-order valence-corrected chi connectivity index (χ1v) is 7.01. The zero-order valence-corrected chi connectivity index (χ0v) is 12.5. The van der Waals surface area contributed by atoms with Gasteiger partial charge in [0.15, 0.2) is 0 Å². The Morgan fingerprint density at radius 2 is 1.81 bits per heavy atom. The Morgan fingerprint density at radius 3 is 2.43 bits per heavy atom. The van der Waals surface area contributed by atoms with Crippen LogP contribution in [0.4, 0.5) is 4.39 Å². The molecule has 0 amide bonds. The monoisotopic (exact) mass is 305 g/mol. The van der Waals surface area contributed by atoms with Crippen LogP contribution in [0.3, 0.4) is 0 Å². The summed E-state index contributed by atoms with van der Waals surface area (Å²) in [5, 5.41) is 0. The highest BCUT2D eigenvalue weighted by Crippen LogP contribution is 2.27. The normalized spacial score (nSPS) is 10.2. The maximum absolute atomic E-state index is 13.2. The van der Waals surface area contributed by atoms with Crippen LogP contribution in [0.25, 0.3) is 0 Å². The number of nitrogens with two attached hydrogens (primary N) is 1. The van der Waals surface area contributed by atoms with E-state index in [4.69, 9.17) is 27.4 Å². The first kappa shape index (κ1) is 15.3. The van der Waals surface area contributed by atoms with Crippen LogP contribution < -0.4 is 15.2 Å². The molecule has 0 bridgehead atoms. The number of rotatable bonds is 6. The molecule has 3 nitrogen and oxygen atoms in total. The van der Waals surface area contributed by atoms with Crippen molar-refractivity contribution in [3.63, 3.8) is 0 Å². The van der Waals surface area contributed by atoms with Crippen LogP contribution in [0.15, 0.2) is 42.5 Å².